The van der Waals surface area contributed by atoms with Crippen LogP contribution >= 0.6 is 0 Å². The van der Waals surface area contributed by atoms with Crippen LogP contribution in [0.1, 0.15) is 25.8 Å². The quantitative estimate of drug-likeness (QED) is 0.0271. The van der Waals surface area contributed by atoms with E-state index in [9.17, 15) is 34.1 Å². The molecule has 2 aromatic carbocycles. The van der Waals surface area contributed by atoms with Gasteiger partial charge in [0.1, 0.15) is 18.4 Å². The molecule has 18 heteroatoms. The van der Waals surface area contributed by atoms with Crippen molar-refractivity contribution in [3.05, 3.63) is 64.2 Å². The minimum Gasteiger partial charge on any atom is -0.429 e. The Morgan fingerprint density at radius 1 is 0.804 bits per heavy atom. The van der Waals surface area contributed by atoms with Crippen molar-refractivity contribution in [2.45, 2.75) is 32.9 Å². The molecule has 4 N–H and O–H groups in total. The highest BCUT2D eigenvalue weighted by atomic mass is 16.7. The van der Waals surface area contributed by atoms with E-state index in [1.54, 1.807) is 38.1 Å². The predicted molar refractivity (Wildman–Crippen MR) is 181 cm³/mol. The smallest absolute Gasteiger partial charge is 0.429 e. The summed E-state index contributed by atoms with van der Waals surface area (Å²) in [4.78, 5) is 69.8. The van der Waals surface area contributed by atoms with Crippen LogP contribution in [0.25, 0.3) is 0 Å². The van der Waals surface area contributed by atoms with Crippen LogP contribution < -0.4 is 26.0 Å². The van der Waals surface area contributed by atoms with Crippen molar-refractivity contribution in [3.63, 3.8) is 0 Å². The van der Waals surface area contributed by atoms with Gasteiger partial charge in [0.15, 0.2) is 0 Å². The number of rotatable bonds is 26. The van der Waals surface area contributed by atoms with Gasteiger partial charge < -0.3 is 49.7 Å². The van der Waals surface area contributed by atoms with Gasteiger partial charge in [-0.25, -0.2) is 4.79 Å². The Labute approximate surface area is 294 Å². The molecule has 0 heterocycles. The van der Waals surface area contributed by atoms with Gasteiger partial charge in [-0.05, 0) is 35.7 Å². The van der Waals surface area contributed by atoms with E-state index in [4.69, 9.17) is 28.4 Å². The van der Waals surface area contributed by atoms with Crippen molar-refractivity contribution in [1.82, 2.24) is 16.0 Å². The molecule has 0 aliphatic heterocycles. The summed E-state index contributed by atoms with van der Waals surface area (Å²) in [5, 5.41) is 21.1. The topological polar surface area (TPSA) is 232 Å². The number of amides is 4. The maximum Gasteiger partial charge on any atom is 0.514 e. The van der Waals surface area contributed by atoms with Crippen molar-refractivity contribution in [3.8, 4) is 5.75 Å². The summed E-state index contributed by atoms with van der Waals surface area (Å²) in [6.45, 7) is 6.25. The highest BCUT2D eigenvalue weighted by Crippen LogP contribution is 2.18. The average molecular weight is 720 g/mol. The van der Waals surface area contributed by atoms with Gasteiger partial charge in [0.2, 0.25) is 24.1 Å². The first-order chi connectivity index (χ1) is 24.6. The Morgan fingerprint density at radius 3 is 1.96 bits per heavy atom. The number of ether oxygens (including phenoxy) is 6. The molecule has 0 saturated carbocycles. The van der Waals surface area contributed by atoms with Gasteiger partial charge in [-0.1, -0.05) is 26.0 Å². The lowest BCUT2D eigenvalue weighted by Crippen LogP contribution is -2.51. The minimum atomic E-state index is -0.998. The van der Waals surface area contributed by atoms with Gasteiger partial charge in [-0.3, -0.25) is 29.3 Å². The van der Waals surface area contributed by atoms with Crippen LogP contribution in [0, 0.1) is 16.0 Å². The van der Waals surface area contributed by atoms with Crippen molar-refractivity contribution < 1.29 is 57.3 Å². The molecule has 2 rings (SSSR count). The molecule has 1 atom stereocenters. The molecule has 0 bridgehead atoms. The van der Waals surface area contributed by atoms with Crippen LogP contribution in [0.2, 0.25) is 0 Å². The maximum absolute atomic E-state index is 12.8. The zero-order valence-corrected chi connectivity index (χ0v) is 28.6. The average Bonchev–Trinajstić information content (AvgIpc) is 3.11. The molecule has 0 saturated heterocycles. The molecule has 0 fully saturated rings. The molecule has 0 aliphatic rings. The molecule has 0 radical (unpaired) electrons. The molecule has 2 aromatic rings. The van der Waals surface area contributed by atoms with E-state index in [0.29, 0.717) is 63.8 Å². The second-order valence-electron chi connectivity index (χ2n) is 10.9. The third-order valence-electron chi connectivity index (χ3n) is 6.60. The Kier molecular flexibility index (Phi) is 20.5. The number of carbonyl (C=O) groups is 5. The zero-order valence-electron chi connectivity index (χ0n) is 28.6. The molecule has 0 aromatic heterocycles. The molecule has 51 heavy (non-hydrogen) atoms. The summed E-state index contributed by atoms with van der Waals surface area (Å²) in [5.41, 5.74) is 0.882. The number of carbonyl (C=O) groups excluding carboxylic acids is 5. The van der Waals surface area contributed by atoms with Crippen molar-refractivity contribution >= 4 is 41.7 Å². The SMILES string of the molecule is CC(C)C(NC(=O)CCOCCOCCOCCOCCNC=O)C(=O)NCC(=O)Nc1ccc(COC(=O)Oc2ccc([N+](=O)[O-])cc2)cc1. The van der Waals surface area contributed by atoms with E-state index in [1.807, 2.05) is 0 Å². The second-order valence-corrected chi connectivity index (χ2v) is 10.9. The number of hydrogen-bond acceptors (Lipinski definition) is 13. The Morgan fingerprint density at radius 2 is 1.39 bits per heavy atom. The highest BCUT2D eigenvalue weighted by molar-refractivity contribution is 5.96. The number of hydrogen-bond donors (Lipinski definition) is 4. The summed E-state index contributed by atoms with van der Waals surface area (Å²) >= 11 is 0. The fourth-order valence-corrected chi connectivity index (χ4v) is 3.97. The largest absolute Gasteiger partial charge is 0.514 e. The Hall–Kier alpha value is -5.17. The summed E-state index contributed by atoms with van der Waals surface area (Å²) in [7, 11) is 0. The van der Waals surface area contributed by atoms with E-state index in [2.05, 4.69) is 21.3 Å². The molecule has 4 amide bonds. The molecule has 0 spiro atoms. The molecule has 1 unspecified atom stereocenters. The summed E-state index contributed by atoms with van der Waals surface area (Å²) in [5.74, 6) is -1.55. The first-order valence-corrected chi connectivity index (χ1v) is 16.1. The first-order valence-electron chi connectivity index (χ1n) is 16.1. The fraction of sp³-hybridized carbons (Fsp3) is 0.485. The summed E-state index contributed by atoms with van der Waals surface area (Å²) in [6.07, 6.45) is -0.356. The van der Waals surface area contributed by atoms with Crippen LogP contribution in [-0.4, -0.2) is 107 Å². The van der Waals surface area contributed by atoms with Gasteiger partial charge in [-0.2, -0.15) is 0 Å². The Balaban J connectivity index is 1.58. The number of non-ortho nitro benzene ring substituents is 1. The monoisotopic (exact) mass is 719 g/mol. The first kappa shape index (κ1) is 42.0. The summed E-state index contributed by atoms with van der Waals surface area (Å²) in [6, 6.07) is 10.5. The van der Waals surface area contributed by atoms with Crippen LogP contribution in [0.5, 0.6) is 5.75 Å². The van der Waals surface area contributed by atoms with Gasteiger partial charge >= 0.3 is 6.16 Å². The number of nitrogens with zero attached hydrogens (tertiary/aromatic N) is 1. The van der Waals surface area contributed by atoms with E-state index < -0.39 is 28.9 Å². The lowest BCUT2D eigenvalue weighted by molar-refractivity contribution is -0.384. The number of nitro benzene ring substituents is 1. The fourth-order valence-electron chi connectivity index (χ4n) is 3.97. The lowest BCUT2D eigenvalue weighted by Gasteiger charge is -2.21. The summed E-state index contributed by atoms with van der Waals surface area (Å²) < 4.78 is 31.4. The molecule has 18 nitrogen and oxygen atoms in total. The van der Waals surface area contributed by atoms with Crippen LogP contribution in [0.15, 0.2) is 48.5 Å². The predicted octanol–water partition coefficient (Wildman–Crippen LogP) is 1.71. The van der Waals surface area contributed by atoms with Gasteiger partial charge in [0.25, 0.3) is 5.69 Å². The number of nitro groups is 1. The van der Waals surface area contributed by atoms with Crippen LogP contribution in [0.3, 0.4) is 0 Å². The van der Waals surface area contributed by atoms with Gasteiger partial charge in [0.05, 0.1) is 64.3 Å². The van der Waals surface area contributed by atoms with E-state index in [1.165, 1.54) is 24.3 Å². The lowest BCUT2D eigenvalue weighted by atomic mass is 10.0. The third-order valence-corrected chi connectivity index (χ3v) is 6.60. The van der Waals surface area contributed by atoms with Crippen molar-refractivity contribution in [1.29, 1.82) is 0 Å². The van der Waals surface area contributed by atoms with Crippen LogP contribution in [-0.2, 0) is 49.5 Å². The standard InChI is InChI=1S/C33H45N5O13/c1-24(2)31(37-29(40)11-13-46-15-17-48-19-20-49-18-16-47-14-12-34-23-39)32(42)35-21-30(41)36-26-5-3-25(4-6-26)22-50-33(43)51-28-9-7-27(8-10-28)38(44)45/h3-10,23-24,31H,11-22H2,1-2H3,(H,34,39)(H,35,42)(H,36,41)(H,37,40). The highest BCUT2D eigenvalue weighted by Gasteiger charge is 2.24. The maximum atomic E-state index is 12.8. The molecule has 280 valence electrons. The minimum absolute atomic E-state index is 0.0322. The number of anilines is 1. The molecular weight excluding hydrogens is 674 g/mol. The normalized spacial score (nSPS) is 11.3. The van der Waals surface area contributed by atoms with Crippen molar-refractivity contribution in [2.24, 2.45) is 5.92 Å². The number of nitrogens with one attached hydrogen (secondary N) is 4. The van der Waals surface area contributed by atoms with Crippen molar-refractivity contribution in [2.75, 3.05) is 71.3 Å². The van der Waals surface area contributed by atoms with E-state index in [0.717, 1.165) is 0 Å². The van der Waals surface area contributed by atoms with Gasteiger partial charge in [-0.15, -0.1) is 0 Å². The second kappa shape index (κ2) is 24.9. The Bertz CT molecular complexity index is 1370. The zero-order chi connectivity index (χ0) is 37.3. The van der Waals surface area contributed by atoms with E-state index in [-0.39, 0.29) is 56.0 Å². The molecular formula is C33H45N5O13. The third kappa shape index (κ3) is 19.0. The van der Waals surface area contributed by atoms with Gasteiger partial charge in [0, 0.05) is 30.8 Å². The van der Waals surface area contributed by atoms with E-state index >= 15 is 0 Å². The van der Waals surface area contributed by atoms with Crippen LogP contribution in [0.4, 0.5) is 16.2 Å². The molecule has 0 aliphatic carbocycles. The number of benzene rings is 2.